The Morgan fingerprint density at radius 3 is 1.53 bits per heavy atom. The minimum Gasteiger partial charge on any atom is -0.0942 e. The molecule has 0 aliphatic carbocycles. The first-order valence-corrected chi connectivity index (χ1v) is 9.15. The van der Waals surface area contributed by atoms with Crippen LogP contribution in [0.4, 0.5) is 0 Å². The number of hydrogen-bond acceptors (Lipinski definition) is 2. The Morgan fingerprint density at radius 1 is 0.533 bits per heavy atom. The summed E-state index contributed by atoms with van der Waals surface area (Å²) in [5, 5.41) is 0. The molecule has 15 heavy (non-hydrogen) atoms. The van der Waals surface area contributed by atoms with Crippen LogP contribution in [0.2, 0.25) is 0 Å². The molecular formula is C13H28S2. The van der Waals surface area contributed by atoms with Gasteiger partial charge in [0, 0.05) is 11.5 Å². The first-order valence-electron chi connectivity index (χ1n) is 6.66. The number of rotatable bonds is 12. The van der Waals surface area contributed by atoms with Crippen LogP contribution >= 0.6 is 21.6 Å². The second kappa shape index (κ2) is 14.7. The molecule has 0 aliphatic heterocycles. The second-order valence-electron chi connectivity index (χ2n) is 4.12. The van der Waals surface area contributed by atoms with Crippen molar-refractivity contribution in [1.82, 2.24) is 0 Å². The van der Waals surface area contributed by atoms with Crippen molar-refractivity contribution >= 4 is 21.6 Å². The van der Waals surface area contributed by atoms with Crippen LogP contribution < -0.4 is 0 Å². The molecule has 0 nitrogen and oxygen atoms in total. The fourth-order valence-corrected chi connectivity index (χ4v) is 3.76. The quantitative estimate of drug-likeness (QED) is 0.311. The third-order valence-corrected chi connectivity index (χ3v) is 5.07. The van der Waals surface area contributed by atoms with E-state index >= 15 is 0 Å². The largest absolute Gasteiger partial charge is 0.0942 e. The van der Waals surface area contributed by atoms with E-state index < -0.39 is 0 Å². The van der Waals surface area contributed by atoms with Gasteiger partial charge in [0.25, 0.3) is 0 Å². The van der Waals surface area contributed by atoms with Gasteiger partial charge < -0.3 is 0 Å². The van der Waals surface area contributed by atoms with Gasteiger partial charge in [0.2, 0.25) is 0 Å². The van der Waals surface area contributed by atoms with Crippen LogP contribution in [0.3, 0.4) is 0 Å². The molecule has 0 saturated carbocycles. The Kier molecular flexibility index (Phi) is 15.4. The van der Waals surface area contributed by atoms with Gasteiger partial charge in [0.15, 0.2) is 0 Å². The fraction of sp³-hybridized carbons (Fsp3) is 1.00. The van der Waals surface area contributed by atoms with Crippen LogP contribution in [0.15, 0.2) is 0 Å². The van der Waals surface area contributed by atoms with E-state index in [1.807, 2.05) is 0 Å². The number of unbranched alkanes of at least 4 members (excludes halogenated alkanes) is 7. The van der Waals surface area contributed by atoms with Crippen molar-refractivity contribution in [3.05, 3.63) is 0 Å². The van der Waals surface area contributed by atoms with Crippen LogP contribution in [0.25, 0.3) is 0 Å². The molecule has 0 saturated heterocycles. The van der Waals surface area contributed by atoms with Crippen molar-refractivity contribution in [2.24, 2.45) is 0 Å². The van der Waals surface area contributed by atoms with E-state index in [2.05, 4.69) is 35.4 Å². The summed E-state index contributed by atoms with van der Waals surface area (Å²) in [6.07, 6.45) is 12.7. The zero-order valence-electron chi connectivity index (χ0n) is 10.6. The van der Waals surface area contributed by atoms with E-state index in [0.29, 0.717) is 0 Å². The third kappa shape index (κ3) is 14.7. The van der Waals surface area contributed by atoms with Crippen molar-refractivity contribution in [3.63, 3.8) is 0 Å². The van der Waals surface area contributed by atoms with Gasteiger partial charge >= 0.3 is 0 Å². The van der Waals surface area contributed by atoms with E-state index in [4.69, 9.17) is 0 Å². The lowest BCUT2D eigenvalue weighted by molar-refractivity contribution is 0.627. The highest BCUT2D eigenvalue weighted by Gasteiger charge is 1.92. The first kappa shape index (κ1) is 15.7. The highest BCUT2D eigenvalue weighted by atomic mass is 33.1. The molecule has 0 aliphatic rings. The number of hydrogen-bond donors (Lipinski definition) is 0. The van der Waals surface area contributed by atoms with Gasteiger partial charge in [-0.2, -0.15) is 0 Å². The summed E-state index contributed by atoms with van der Waals surface area (Å²) in [6, 6.07) is 0. The minimum absolute atomic E-state index is 1.35. The third-order valence-electron chi connectivity index (χ3n) is 2.50. The van der Waals surface area contributed by atoms with Gasteiger partial charge in [-0.15, -0.1) is 0 Å². The standard InChI is InChI=1S/C13H28S2/c1-3-5-7-8-9-11-13-15-14-12-10-6-4-2/h3-13H2,1-2H3. The molecular weight excluding hydrogens is 220 g/mol. The summed E-state index contributed by atoms with van der Waals surface area (Å²) in [5.41, 5.74) is 0. The minimum atomic E-state index is 1.35. The summed E-state index contributed by atoms with van der Waals surface area (Å²) in [6.45, 7) is 4.55. The topological polar surface area (TPSA) is 0 Å². The maximum absolute atomic E-state index is 2.28. The molecule has 0 aromatic heterocycles. The zero-order valence-corrected chi connectivity index (χ0v) is 12.2. The van der Waals surface area contributed by atoms with Crippen molar-refractivity contribution in [2.45, 2.75) is 71.6 Å². The summed E-state index contributed by atoms with van der Waals surface area (Å²) in [7, 11) is 4.16. The Labute approximate surface area is 105 Å². The van der Waals surface area contributed by atoms with Gasteiger partial charge in [-0.05, 0) is 12.8 Å². The predicted molar refractivity (Wildman–Crippen MR) is 77.8 cm³/mol. The summed E-state index contributed by atoms with van der Waals surface area (Å²) in [4.78, 5) is 0. The average Bonchev–Trinajstić information content (AvgIpc) is 2.26. The van der Waals surface area contributed by atoms with Gasteiger partial charge in [-0.1, -0.05) is 80.4 Å². The van der Waals surface area contributed by atoms with Gasteiger partial charge in [0.05, 0.1) is 0 Å². The highest BCUT2D eigenvalue weighted by molar-refractivity contribution is 8.76. The molecule has 0 spiro atoms. The fourth-order valence-electron chi connectivity index (χ4n) is 1.47. The second-order valence-corrected chi connectivity index (χ2v) is 6.82. The van der Waals surface area contributed by atoms with E-state index in [1.54, 1.807) is 0 Å². The van der Waals surface area contributed by atoms with Gasteiger partial charge in [-0.3, -0.25) is 0 Å². The lowest BCUT2D eigenvalue weighted by atomic mass is 10.1. The molecule has 2 heteroatoms. The first-order chi connectivity index (χ1) is 7.41. The maximum atomic E-state index is 2.28. The molecule has 0 unspecified atom stereocenters. The van der Waals surface area contributed by atoms with Crippen LogP contribution in [-0.4, -0.2) is 11.5 Å². The molecule has 0 fully saturated rings. The Balaban J connectivity index is 2.81. The van der Waals surface area contributed by atoms with Crippen molar-refractivity contribution in [3.8, 4) is 0 Å². The van der Waals surface area contributed by atoms with Crippen LogP contribution in [-0.2, 0) is 0 Å². The lowest BCUT2D eigenvalue weighted by Crippen LogP contribution is -1.82. The van der Waals surface area contributed by atoms with Crippen molar-refractivity contribution < 1.29 is 0 Å². The monoisotopic (exact) mass is 248 g/mol. The highest BCUT2D eigenvalue weighted by Crippen LogP contribution is 2.24. The molecule has 0 bridgehead atoms. The Bertz CT molecular complexity index is 92.7. The molecule has 0 atom stereocenters. The van der Waals surface area contributed by atoms with Gasteiger partial charge in [-0.25, -0.2) is 0 Å². The molecule has 0 rings (SSSR count). The molecule has 0 heterocycles. The average molecular weight is 249 g/mol. The van der Waals surface area contributed by atoms with Crippen LogP contribution in [0.1, 0.15) is 71.6 Å². The normalized spacial score (nSPS) is 10.8. The zero-order chi connectivity index (χ0) is 11.2. The van der Waals surface area contributed by atoms with E-state index in [0.717, 1.165) is 0 Å². The van der Waals surface area contributed by atoms with Crippen LogP contribution in [0.5, 0.6) is 0 Å². The van der Waals surface area contributed by atoms with E-state index in [1.165, 1.54) is 69.3 Å². The maximum Gasteiger partial charge on any atom is 0.00369 e. The molecule has 0 aromatic rings. The predicted octanol–water partition coefficient (Wildman–Crippen LogP) is 5.92. The van der Waals surface area contributed by atoms with E-state index in [9.17, 15) is 0 Å². The smallest absolute Gasteiger partial charge is 0.00369 e. The Morgan fingerprint density at radius 2 is 0.933 bits per heavy atom. The molecule has 0 N–H and O–H groups in total. The summed E-state index contributed by atoms with van der Waals surface area (Å²) < 4.78 is 0. The van der Waals surface area contributed by atoms with E-state index in [-0.39, 0.29) is 0 Å². The summed E-state index contributed by atoms with van der Waals surface area (Å²) in [5.74, 6) is 2.72. The Hall–Kier alpha value is 0.700. The molecule has 92 valence electrons. The van der Waals surface area contributed by atoms with Crippen LogP contribution in [0, 0.1) is 0 Å². The molecule has 0 amide bonds. The molecule has 0 aromatic carbocycles. The SMILES string of the molecule is CCCCCCCCSSCCCCC. The van der Waals surface area contributed by atoms with Crippen molar-refractivity contribution in [2.75, 3.05) is 11.5 Å². The summed E-state index contributed by atoms with van der Waals surface area (Å²) >= 11 is 0. The molecule has 0 radical (unpaired) electrons. The van der Waals surface area contributed by atoms with Crippen molar-refractivity contribution in [1.29, 1.82) is 0 Å². The van der Waals surface area contributed by atoms with Gasteiger partial charge in [0.1, 0.15) is 0 Å². The lowest BCUT2D eigenvalue weighted by Gasteiger charge is -2.01.